The summed E-state index contributed by atoms with van der Waals surface area (Å²) in [5, 5.41) is 9.90. The van der Waals surface area contributed by atoms with Gasteiger partial charge in [0.15, 0.2) is 0 Å². The van der Waals surface area contributed by atoms with Gasteiger partial charge in [-0.15, -0.1) is 0 Å². The van der Waals surface area contributed by atoms with E-state index >= 15 is 0 Å². The van der Waals surface area contributed by atoms with Crippen LogP contribution < -0.4 is 5.73 Å². The Bertz CT molecular complexity index is 168. The predicted molar refractivity (Wildman–Crippen MR) is 44.1 cm³/mol. The van der Waals surface area contributed by atoms with Crippen LogP contribution in [0.3, 0.4) is 0 Å². The van der Waals surface area contributed by atoms with E-state index in [9.17, 15) is 5.11 Å². The topological polar surface area (TPSA) is 46.2 Å². The van der Waals surface area contributed by atoms with E-state index < -0.39 is 0 Å². The molecule has 0 heterocycles. The Morgan fingerprint density at radius 3 is 2.00 bits per heavy atom. The maximum absolute atomic E-state index is 9.90. The van der Waals surface area contributed by atoms with Crippen molar-refractivity contribution in [3.8, 4) is 0 Å². The van der Waals surface area contributed by atoms with Crippen LogP contribution in [0.25, 0.3) is 0 Å². The number of aliphatic hydroxyl groups is 1. The molecule has 3 N–H and O–H groups in total. The Morgan fingerprint density at radius 1 is 1.27 bits per heavy atom. The van der Waals surface area contributed by atoms with Gasteiger partial charge in [-0.2, -0.15) is 0 Å². The van der Waals surface area contributed by atoms with E-state index in [0.717, 1.165) is 32.1 Å². The van der Waals surface area contributed by atoms with Crippen molar-refractivity contribution in [1.29, 1.82) is 0 Å². The normalized spacial score (nSPS) is 51.5. The summed E-state index contributed by atoms with van der Waals surface area (Å²) in [5.74, 6) is 0. The first-order chi connectivity index (χ1) is 5.06. The molecule has 1 unspecified atom stereocenters. The molecule has 0 aromatic heterocycles. The van der Waals surface area contributed by atoms with Crippen LogP contribution in [-0.2, 0) is 0 Å². The second-order valence-electron chi connectivity index (χ2n) is 4.55. The molecule has 2 aliphatic rings. The van der Waals surface area contributed by atoms with Crippen molar-refractivity contribution in [3.05, 3.63) is 0 Å². The Balaban J connectivity index is 2.20. The van der Waals surface area contributed by atoms with E-state index in [1.165, 1.54) is 0 Å². The SMILES string of the molecule is CC(N)C12CCC(O)(CC1)C2. The lowest BCUT2D eigenvalue weighted by molar-refractivity contribution is 0.0521. The number of rotatable bonds is 1. The fraction of sp³-hybridized carbons (Fsp3) is 1.00. The molecular formula is C9H17NO. The molecule has 0 amide bonds. The molecule has 2 saturated carbocycles. The first kappa shape index (κ1) is 7.56. The second kappa shape index (κ2) is 1.99. The van der Waals surface area contributed by atoms with Crippen LogP contribution in [0.4, 0.5) is 0 Å². The maximum Gasteiger partial charge on any atom is 0.0654 e. The molecule has 0 radical (unpaired) electrons. The molecule has 2 aliphatic carbocycles. The molecular weight excluding hydrogens is 138 g/mol. The highest BCUT2D eigenvalue weighted by Crippen LogP contribution is 2.57. The van der Waals surface area contributed by atoms with Gasteiger partial charge in [-0.1, -0.05) is 0 Å². The standard InChI is InChI=1S/C9H17NO/c1-7(10)8-2-4-9(11,6-8)5-3-8/h7,11H,2-6,10H2,1H3. The average molecular weight is 155 g/mol. The van der Waals surface area contributed by atoms with Gasteiger partial charge in [0, 0.05) is 6.04 Å². The Hall–Kier alpha value is -0.0800. The molecule has 2 heteroatoms. The molecule has 0 aromatic carbocycles. The summed E-state index contributed by atoms with van der Waals surface area (Å²) in [6, 6.07) is 0.263. The summed E-state index contributed by atoms with van der Waals surface area (Å²) in [7, 11) is 0. The molecule has 11 heavy (non-hydrogen) atoms. The number of hydrogen-bond donors (Lipinski definition) is 2. The first-order valence-corrected chi connectivity index (χ1v) is 4.54. The summed E-state index contributed by atoms with van der Waals surface area (Å²) in [6.07, 6.45) is 5.20. The summed E-state index contributed by atoms with van der Waals surface area (Å²) in [6.45, 7) is 2.08. The Labute approximate surface area is 67.8 Å². The zero-order valence-corrected chi connectivity index (χ0v) is 7.14. The zero-order valence-electron chi connectivity index (χ0n) is 7.14. The van der Waals surface area contributed by atoms with Crippen molar-refractivity contribution >= 4 is 0 Å². The summed E-state index contributed by atoms with van der Waals surface area (Å²) >= 11 is 0. The largest absolute Gasteiger partial charge is 0.390 e. The third kappa shape index (κ3) is 0.926. The fourth-order valence-electron chi connectivity index (χ4n) is 2.84. The van der Waals surface area contributed by atoms with Crippen LogP contribution in [-0.4, -0.2) is 16.7 Å². The van der Waals surface area contributed by atoms with Gasteiger partial charge in [0.2, 0.25) is 0 Å². The van der Waals surface area contributed by atoms with E-state index in [1.807, 2.05) is 0 Å². The summed E-state index contributed by atoms with van der Waals surface area (Å²) in [5.41, 5.74) is 5.89. The van der Waals surface area contributed by atoms with Crippen molar-refractivity contribution in [3.63, 3.8) is 0 Å². The lowest BCUT2D eigenvalue weighted by atomic mass is 9.78. The quantitative estimate of drug-likeness (QED) is 0.594. The molecule has 2 bridgehead atoms. The predicted octanol–water partition coefficient (Wildman–Crippen LogP) is 1.03. The van der Waals surface area contributed by atoms with Gasteiger partial charge in [0.25, 0.3) is 0 Å². The maximum atomic E-state index is 9.90. The van der Waals surface area contributed by atoms with Gasteiger partial charge < -0.3 is 10.8 Å². The Morgan fingerprint density at radius 2 is 1.82 bits per heavy atom. The molecule has 0 spiro atoms. The minimum absolute atomic E-state index is 0.263. The van der Waals surface area contributed by atoms with E-state index in [0.29, 0.717) is 5.41 Å². The van der Waals surface area contributed by atoms with Crippen LogP contribution in [0.2, 0.25) is 0 Å². The molecule has 2 nitrogen and oxygen atoms in total. The van der Waals surface area contributed by atoms with E-state index in [-0.39, 0.29) is 11.6 Å². The van der Waals surface area contributed by atoms with Crippen molar-refractivity contribution in [1.82, 2.24) is 0 Å². The minimum atomic E-state index is -0.326. The van der Waals surface area contributed by atoms with Crippen LogP contribution >= 0.6 is 0 Å². The van der Waals surface area contributed by atoms with Crippen LogP contribution in [0.1, 0.15) is 39.0 Å². The average Bonchev–Trinajstić information content (AvgIpc) is 2.42. The van der Waals surface area contributed by atoms with Crippen molar-refractivity contribution in [2.45, 2.75) is 50.7 Å². The highest BCUT2D eigenvalue weighted by atomic mass is 16.3. The third-order valence-corrected chi connectivity index (χ3v) is 3.82. The van der Waals surface area contributed by atoms with Crippen molar-refractivity contribution in [2.24, 2.45) is 11.1 Å². The third-order valence-electron chi connectivity index (χ3n) is 3.82. The zero-order chi connectivity index (χ0) is 8.11. The lowest BCUT2D eigenvalue weighted by Crippen LogP contribution is -2.35. The second-order valence-corrected chi connectivity index (χ2v) is 4.55. The summed E-state index contributed by atoms with van der Waals surface area (Å²) in [4.78, 5) is 0. The highest BCUT2D eigenvalue weighted by Gasteiger charge is 2.54. The van der Waals surface area contributed by atoms with Gasteiger partial charge in [0.05, 0.1) is 5.60 Å². The first-order valence-electron chi connectivity index (χ1n) is 4.54. The lowest BCUT2D eigenvalue weighted by Gasteiger charge is -2.30. The number of hydrogen-bond acceptors (Lipinski definition) is 2. The van der Waals surface area contributed by atoms with Crippen molar-refractivity contribution < 1.29 is 5.11 Å². The van der Waals surface area contributed by atoms with Crippen LogP contribution in [0.5, 0.6) is 0 Å². The number of nitrogens with two attached hydrogens (primary N) is 1. The van der Waals surface area contributed by atoms with E-state index in [4.69, 9.17) is 5.73 Å². The van der Waals surface area contributed by atoms with Crippen molar-refractivity contribution in [2.75, 3.05) is 0 Å². The van der Waals surface area contributed by atoms with Gasteiger partial charge >= 0.3 is 0 Å². The van der Waals surface area contributed by atoms with E-state index in [1.54, 1.807) is 0 Å². The molecule has 1 atom stereocenters. The number of fused-ring (bicyclic) bond motifs is 2. The molecule has 2 rings (SSSR count). The summed E-state index contributed by atoms with van der Waals surface area (Å²) < 4.78 is 0. The van der Waals surface area contributed by atoms with E-state index in [2.05, 4.69) is 6.92 Å². The Kier molecular flexibility index (Phi) is 1.37. The molecule has 0 aliphatic heterocycles. The van der Waals surface area contributed by atoms with Gasteiger partial charge in [-0.25, -0.2) is 0 Å². The smallest absolute Gasteiger partial charge is 0.0654 e. The molecule has 2 fully saturated rings. The van der Waals surface area contributed by atoms with Crippen LogP contribution in [0, 0.1) is 5.41 Å². The van der Waals surface area contributed by atoms with Gasteiger partial charge in [0.1, 0.15) is 0 Å². The monoisotopic (exact) mass is 155 g/mol. The molecule has 0 aromatic rings. The fourth-order valence-corrected chi connectivity index (χ4v) is 2.84. The van der Waals surface area contributed by atoms with Gasteiger partial charge in [-0.05, 0) is 44.4 Å². The minimum Gasteiger partial charge on any atom is -0.390 e. The highest BCUT2D eigenvalue weighted by molar-refractivity contribution is 5.08. The molecule has 0 saturated heterocycles. The van der Waals surface area contributed by atoms with Gasteiger partial charge in [-0.3, -0.25) is 0 Å². The van der Waals surface area contributed by atoms with Crippen LogP contribution in [0.15, 0.2) is 0 Å². The molecule has 64 valence electrons.